The van der Waals surface area contributed by atoms with E-state index in [1.807, 2.05) is 0 Å². The normalized spacial score (nSPS) is 11.8. The van der Waals surface area contributed by atoms with Gasteiger partial charge in [-0.25, -0.2) is 0 Å². The van der Waals surface area contributed by atoms with E-state index >= 15 is 0 Å². The second-order valence-electron chi connectivity index (χ2n) is 4.27. The molecular weight excluding hydrogens is 332 g/mol. The second kappa shape index (κ2) is 5.47. The molecule has 0 aliphatic rings. The van der Waals surface area contributed by atoms with Gasteiger partial charge < -0.3 is 0 Å². The third kappa shape index (κ3) is 3.05. The van der Waals surface area contributed by atoms with Gasteiger partial charge in [0.05, 0.1) is 15.6 Å². The first-order valence-electron chi connectivity index (χ1n) is 5.53. The Balaban J connectivity index is 2.70. The molecule has 0 amide bonds. The van der Waals surface area contributed by atoms with Crippen LogP contribution >= 0.6 is 34.8 Å². The van der Waals surface area contributed by atoms with Crippen molar-refractivity contribution in [1.29, 1.82) is 0 Å². The van der Waals surface area contributed by atoms with Crippen LogP contribution in [-0.4, -0.2) is 0 Å². The number of halogens is 6. The van der Waals surface area contributed by atoms with Crippen LogP contribution in [0.4, 0.5) is 13.2 Å². The molecule has 0 aromatic heterocycles. The highest BCUT2D eigenvalue weighted by molar-refractivity contribution is 6.41. The van der Waals surface area contributed by atoms with Gasteiger partial charge in [0, 0.05) is 10.6 Å². The lowest BCUT2D eigenvalue weighted by molar-refractivity contribution is -0.137. The molecule has 0 spiro atoms. The summed E-state index contributed by atoms with van der Waals surface area (Å²) in [5, 5.41) is 0.753. The van der Waals surface area contributed by atoms with Crippen LogP contribution in [0.25, 0.3) is 11.1 Å². The molecule has 0 radical (unpaired) electrons. The minimum atomic E-state index is -4.42. The largest absolute Gasteiger partial charge is 0.416 e. The topological polar surface area (TPSA) is 0 Å². The zero-order valence-corrected chi connectivity index (χ0v) is 12.4. The second-order valence-corrected chi connectivity index (χ2v) is 5.52. The standard InChI is InChI=1S/C14H8Cl3F3/c1-7-2-3-8(14(18,19)20)4-10(7)13-11(16)5-9(15)6-12(13)17/h2-6H,1H3. The van der Waals surface area contributed by atoms with Crippen molar-refractivity contribution in [2.24, 2.45) is 0 Å². The Labute approximate surface area is 129 Å². The van der Waals surface area contributed by atoms with Gasteiger partial charge in [0.2, 0.25) is 0 Å². The number of alkyl halides is 3. The summed E-state index contributed by atoms with van der Waals surface area (Å²) in [7, 11) is 0. The lowest BCUT2D eigenvalue weighted by atomic mass is 9.97. The first kappa shape index (κ1) is 15.5. The van der Waals surface area contributed by atoms with E-state index in [0.717, 1.165) is 12.1 Å². The predicted molar refractivity (Wildman–Crippen MR) is 76.6 cm³/mol. The van der Waals surface area contributed by atoms with E-state index < -0.39 is 11.7 Å². The molecule has 0 aliphatic heterocycles. The maximum absolute atomic E-state index is 12.8. The lowest BCUT2D eigenvalue weighted by Crippen LogP contribution is -2.05. The molecular formula is C14H8Cl3F3. The summed E-state index contributed by atoms with van der Waals surface area (Å²) in [6.45, 7) is 1.69. The van der Waals surface area contributed by atoms with E-state index in [0.29, 0.717) is 21.7 Å². The van der Waals surface area contributed by atoms with Crippen molar-refractivity contribution < 1.29 is 13.2 Å². The van der Waals surface area contributed by atoms with Gasteiger partial charge in [-0.05, 0) is 42.3 Å². The van der Waals surface area contributed by atoms with Gasteiger partial charge in [-0.2, -0.15) is 13.2 Å². The lowest BCUT2D eigenvalue weighted by Gasteiger charge is -2.14. The van der Waals surface area contributed by atoms with Crippen LogP contribution in [0.5, 0.6) is 0 Å². The van der Waals surface area contributed by atoms with Gasteiger partial charge in [-0.15, -0.1) is 0 Å². The van der Waals surface area contributed by atoms with Gasteiger partial charge >= 0.3 is 6.18 Å². The van der Waals surface area contributed by atoms with Crippen LogP contribution in [-0.2, 0) is 6.18 Å². The van der Waals surface area contributed by atoms with Crippen molar-refractivity contribution in [2.75, 3.05) is 0 Å². The summed E-state index contributed by atoms with van der Waals surface area (Å²) in [5.74, 6) is 0. The number of benzene rings is 2. The number of hydrogen-bond donors (Lipinski definition) is 0. The molecule has 2 rings (SSSR count). The van der Waals surface area contributed by atoms with Crippen molar-refractivity contribution in [3.05, 3.63) is 56.5 Å². The van der Waals surface area contributed by atoms with E-state index in [1.165, 1.54) is 18.2 Å². The van der Waals surface area contributed by atoms with Crippen LogP contribution < -0.4 is 0 Å². The highest BCUT2D eigenvalue weighted by atomic mass is 35.5. The molecule has 0 fully saturated rings. The maximum atomic E-state index is 12.8. The van der Waals surface area contributed by atoms with E-state index in [2.05, 4.69) is 0 Å². The summed E-state index contributed by atoms with van der Waals surface area (Å²) in [5.41, 5.74) is 0.581. The van der Waals surface area contributed by atoms with Gasteiger partial charge in [-0.1, -0.05) is 40.9 Å². The quantitative estimate of drug-likeness (QED) is 0.546. The average Bonchev–Trinajstić information content (AvgIpc) is 2.28. The molecule has 0 nitrogen and oxygen atoms in total. The minimum absolute atomic E-state index is 0.213. The fourth-order valence-corrected chi connectivity index (χ4v) is 2.89. The van der Waals surface area contributed by atoms with Crippen molar-refractivity contribution >= 4 is 34.8 Å². The summed E-state index contributed by atoms with van der Waals surface area (Å²) in [6, 6.07) is 6.35. The molecule has 2 aromatic carbocycles. The van der Waals surface area contributed by atoms with Crippen LogP contribution in [0.1, 0.15) is 11.1 Å². The molecule has 0 saturated carbocycles. The van der Waals surface area contributed by atoms with Crippen molar-refractivity contribution in [3.8, 4) is 11.1 Å². The molecule has 0 unspecified atom stereocenters. The zero-order valence-electron chi connectivity index (χ0n) is 10.2. The van der Waals surface area contributed by atoms with Crippen molar-refractivity contribution in [2.45, 2.75) is 13.1 Å². The van der Waals surface area contributed by atoms with Crippen LogP contribution in [0.3, 0.4) is 0 Å². The fraction of sp³-hybridized carbons (Fsp3) is 0.143. The molecule has 0 N–H and O–H groups in total. The van der Waals surface area contributed by atoms with Gasteiger partial charge in [0.15, 0.2) is 0 Å². The first-order valence-corrected chi connectivity index (χ1v) is 6.66. The van der Waals surface area contributed by atoms with E-state index in [9.17, 15) is 13.2 Å². The number of aryl methyl sites for hydroxylation is 1. The molecule has 20 heavy (non-hydrogen) atoms. The van der Waals surface area contributed by atoms with Crippen LogP contribution in [0.2, 0.25) is 15.1 Å². The molecule has 0 aliphatic carbocycles. The Morgan fingerprint density at radius 2 is 1.45 bits per heavy atom. The smallest absolute Gasteiger partial charge is 0.166 e. The van der Waals surface area contributed by atoms with Crippen molar-refractivity contribution in [1.82, 2.24) is 0 Å². The predicted octanol–water partition coefficient (Wildman–Crippen LogP) is 6.64. The van der Waals surface area contributed by atoms with E-state index in [-0.39, 0.29) is 10.0 Å². The Hall–Kier alpha value is -0.900. The summed E-state index contributed by atoms with van der Waals surface area (Å²) in [6.07, 6.45) is -4.42. The molecule has 106 valence electrons. The third-order valence-corrected chi connectivity index (χ3v) is 3.66. The van der Waals surface area contributed by atoms with E-state index in [1.54, 1.807) is 6.92 Å². The molecule has 0 heterocycles. The number of hydrogen-bond acceptors (Lipinski definition) is 0. The van der Waals surface area contributed by atoms with Gasteiger partial charge in [-0.3, -0.25) is 0 Å². The minimum Gasteiger partial charge on any atom is -0.166 e. The average molecular weight is 340 g/mol. The number of rotatable bonds is 1. The Bertz CT molecular complexity index is 640. The van der Waals surface area contributed by atoms with Gasteiger partial charge in [0.1, 0.15) is 0 Å². The zero-order chi connectivity index (χ0) is 15.1. The summed E-state index contributed by atoms with van der Waals surface area (Å²) in [4.78, 5) is 0. The molecule has 6 heteroatoms. The molecule has 0 bridgehead atoms. The molecule has 0 atom stereocenters. The molecule has 0 saturated heterocycles. The highest BCUT2D eigenvalue weighted by Crippen LogP contribution is 2.41. The molecule has 2 aromatic rings. The SMILES string of the molecule is Cc1ccc(C(F)(F)F)cc1-c1c(Cl)cc(Cl)cc1Cl. The van der Waals surface area contributed by atoms with Crippen LogP contribution in [0, 0.1) is 6.92 Å². The third-order valence-electron chi connectivity index (χ3n) is 2.84. The monoisotopic (exact) mass is 338 g/mol. The van der Waals surface area contributed by atoms with Crippen LogP contribution in [0.15, 0.2) is 30.3 Å². The fourth-order valence-electron chi connectivity index (χ4n) is 1.87. The summed E-state index contributed by atoms with van der Waals surface area (Å²) < 4.78 is 38.4. The Morgan fingerprint density at radius 3 is 1.95 bits per heavy atom. The Morgan fingerprint density at radius 1 is 0.900 bits per heavy atom. The van der Waals surface area contributed by atoms with E-state index in [4.69, 9.17) is 34.8 Å². The highest BCUT2D eigenvalue weighted by Gasteiger charge is 2.31. The first-order chi connectivity index (χ1) is 9.20. The maximum Gasteiger partial charge on any atom is 0.416 e. The Kier molecular flexibility index (Phi) is 4.24. The van der Waals surface area contributed by atoms with Gasteiger partial charge in [0.25, 0.3) is 0 Å². The van der Waals surface area contributed by atoms with Crippen molar-refractivity contribution in [3.63, 3.8) is 0 Å². The summed E-state index contributed by atoms with van der Waals surface area (Å²) >= 11 is 17.9.